The first kappa shape index (κ1) is 15.6. The molecule has 0 aromatic carbocycles. The molecule has 0 aliphatic carbocycles. The topological polar surface area (TPSA) is 81.4 Å². The molecule has 1 aromatic heterocycles. The smallest absolute Gasteiger partial charge is 0.250 e. The molecule has 18 heavy (non-hydrogen) atoms. The summed E-state index contributed by atoms with van der Waals surface area (Å²) in [4.78, 5) is 0.974. The molecule has 0 spiro atoms. The predicted octanol–water partition coefficient (Wildman–Crippen LogP) is 0.953. The number of methoxy groups -OCH3 is 1. The molecule has 1 rings (SSSR count). The highest BCUT2D eigenvalue weighted by atomic mass is 32.2. The summed E-state index contributed by atoms with van der Waals surface area (Å²) in [5, 5.41) is 0. The van der Waals surface area contributed by atoms with Crippen LogP contribution in [0.15, 0.2) is 16.3 Å². The van der Waals surface area contributed by atoms with Crippen molar-refractivity contribution >= 4 is 21.4 Å². The maximum absolute atomic E-state index is 12.2. The Morgan fingerprint density at radius 1 is 1.44 bits per heavy atom. The molecule has 5 nitrogen and oxygen atoms in total. The molecule has 0 radical (unpaired) electrons. The van der Waals surface area contributed by atoms with Gasteiger partial charge in [-0.15, -0.1) is 11.3 Å². The maximum Gasteiger partial charge on any atom is 0.250 e. The van der Waals surface area contributed by atoms with E-state index in [9.17, 15) is 8.42 Å². The first-order chi connectivity index (χ1) is 8.30. The summed E-state index contributed by atoms with van der Waals surface area (Å²) in [6.07, 6.45) is 0.696. The van der Waals surface area contributed by atoms with Gasteiger partial charge in [-0.3, -0.25) is 0 Å². The molecule has 0 amide bonds. The van der Waals surface area contributed by atoms with Crippen molar-refractivity contribution in [3.63, 3.8) is 0 Å². The second-order valence-corrected chi connectivity index (χ2v) is 7.76. The highest BCUT2D eigenvalue weighted by Crippen LogP contribution is 2.23. The van der Waals surface area contributed by atoms with E-state index in [0.717, 1.165) is 4.88 Å². The minimum absolute atomic E-state index is 0.313. The normalized spacial score (nSPS) is 12.9. The van der Waals surface area contributed by atoms with E-state index in [1.165, 1.54) is 11.3 Å². The van der Waals surface area contributed by atoms with Crippen LogP contribution in [0, 0.1) is 0 Å². The van der Waals surface area contributed by atoms with E-state index in [1.54, 1.807) is 33.1 Å². The number of rotatable bonds is 7. The number of hydrogen-bond acceptors (Lipinski definition) is 5. The fourth-order valence-electron chi connectivity index (χ4n) is 1.58. The van der Waals surface area contributed by atoms with Crippen molar-refractivity contribution in [2.75, 3.05) is 20.3 Å². The van der Waals surface area contributed by atoms with E-state index in [0.29, 0.717) is 23.8 Å². The van der Waals surface area contributed by atoms with E-state index in [2.05, 4.69) is 4.72 Å². The molecule has 0 aliphatic heterocycles. The third-order valence-corrected chi connectivity index (χ3v) is 5.54. The number of hydrogen-bond donors (Lipinski definition) is 2. The molecule has 7 heteroatoms. The van der Waals surface area contributed by atoms with Crippen LogP contribution in [0.1, 0.15) is 18.7 Å². The lowest BCUT2D eigenvalue weighted by molar-refractivity contribution is 0.141. The standard InChI is InChI=1S/C11H20N2O3S2/c1-11(2,8-16-3)13-18(14,15)10-5-4-9(17-10)6-7-12/h4-5,13H,6-8,12H2,1-3H3. The quantitative estimate of drug-likeness (QED) is 0.784. The van der Waals surface area contributed by atoms with Crippen LogP contribution >= 0.6 is 11.3 Å². The second kappa shape index (κ2) is 6.12. The fourth-order valence-corrected chi connectivity index (χ4v) is 4.35. The monoisotopic (exact) mass is 292 g/mol. The molecule has 3 N–H and O–H groups in total. The Hall–Kier alpha value is -0.470. The van der Waals surface area contributed by atoms with Crippen LogP contribution in [-0.2, 0) is 21.2 Å². The minimum atomic E-state index is -3.49. The molecule has 0 aliphatic rings. The zero-order valence-electron chi connectivity index (χ0n) is 10.9. The van der Waals surface area contributed by atoms with Gasteiger partial charge in [-0.25, -0.2) is 13.1 Å². The van der Waals surface area contributed by atoms with Crippen LogP contribution in [0.5, 0.6) is 0 Å². The number of thiophene rings is 1. The van der Waals surface area contributed by atoms with Crippen molar-refractivity contribution in [2.24, 2.45) is 5.73 Å². The highest BCUT2D eigenvalue weighted by Gasteiger charge is 2.27. The Labute approximate surface area is 112 Å². The summed E-state index contributed by atoms with van der Waals surface area (Å²) in [6, 6.07) is 3.41. The Balaban J connectivity index is 2.85. The van der Waals surface area contributed by atoms with Crippen molar-refractivity contribution in [3.05, 3.63) is 17.0 Å². The average molecular weight is 292 g/mol. The van der Waals surface area contributed by atoms with Crippen molar-refractivity contribution in [1.29, 1.82) is 0 Å². The van der Waals surface area contributed by atoms with E-state index in [1.807, 2.05) is 0 Å². The highest BCUT2D eigenvalue weighted by molar-refractivity contribution is 7.91. The lowest BCUT2D eigenvalue weighted by Gasteiger charge is -2.24. The number of nitrogens with one attached hydrogen (secondary N) is 1. The lowest BCUT2D eigenvalue weighted by atomic mass is 10.1. The minimum Gasteiger partial charge on any atom is -0.383 e. The van der Waals surface area contributed by atoms with Crippen LogP contribution in [0.2, 0.25) is 0 Å². The third kappa shape index (κ3) is 4.33. The van der Waals surface area contributed by atoms with Crippen molar-refractivity contribution < 1.29 is 13.2 Å². The number of ether oxygens (including phenoxy) is 1. The van der Waals surface area contributed by atoms with Crippen LogP contribution < -0.4 is 10.5 Å². The first-order valence-electron chi connectivity index (χ1n) is 5.62. The zero-order chi connectivity index (χ0) is 13.8. The van der Waals surface area contributed by atoms with Crippen molar-refractivity contribution in [2.45, 2.75) is 30.0 Å². The Morgan fingerprint density at radius 2 is 2.11 bits per heavy atom. The largest absolute Gasteiger partial charge is 0.383 e. The van der Waals surface area contributed by atoms with E-state index < -0.39 is 15.6 Å². The average Bonchev–Trinajstić information content (AvgIpc) is 2.65. The lowest BCUT2D eigenvalue weighted by Crippen LogP contribution is -2.46. The van der Waals surface area contributed by atoms with Gasteiger partial charge in [0.1, 0.15) is 4.21 Å². The van der Waals surface area contributed by atoms with Crippen LogP contribution in [0.25, 0.3) is 0 Å². The van der Waals surface area contributed by atoms with Gasteiger partial charge in [0.05, 0.1) is 12.1 Å². The Kier molecular flexibility index (Phi) is 5.30. The Bertz CT molecular complexity index is 480. The molecule has 1 heterocycles. The van der Waals surface area contributed by atoms with E-state index in [-0.39, 0.29) is 0 Å². The van der Waals surface area contributed by atoms with Gasteiger partial charge >= 0.3 is 0 Å². The number of sulfonamides is 1. The number of nitrogens with two attached hydrogens (primary N) is 1. The summed E-state index contributed by atoms with van der Waals surface area (Å²) < 4.78 is 32.2. The van der Waals surface area contributed by atoms with Gasteiger partial charge in [-0.2, -0.15) is 0 Å². The molecule has 0 saturated heterocycles. The second-order valence-electron chi connectivity index (χ2n) is 4.68. The molecule has 104 valence electrons. The first-order valence-corrected chi connectivity index (χ1v) is 7.92. The van der Waals surface area contributed by atoms with Crippen LogP contribution in [-0.4, -0.2) is 34.2 Å². The van der Waals surface area contributed by atoms with E-state index >= 15 is 0 Å². The summed E-state index contributed by atoms with van der Waals surface area (Å²) >= 11 is 1.25. The predicted molar refractivity (Wildman–Crippen MR) is 73.4 cm³/mol. The summed E-state index contributed by atoms with van der Waals surface area (Å²) in [5.41, 5.74) is 4.81. The van der Waals surface area contributed by atoms with Crippen LogP contribution in [0.4, 0.5) is 0 Å². The molecule has 1 aromatic rings. The summed E-state index contributed by atoms with van der Waals surface area (Å²) in [5.74, 6) is 0. The SMILES string of the molecule is COCC(C)(C)NS(=O)(=O)c1ccc(CCN)s1. The molecular formula is C11H20N2O3S2. The molecule has 0 bridgehead atoms. The van der Waals surface area contributed by atoms with Gasteiger partial charge in [0.15, 0.2) is 0 Å². The molecule has 0 saturated carbocycles. The van der Waals surface area contributed by atoms with Crippen LogP contribution in [0.3, 0.4) is 0 Å². The van der Waals surface area contributed by atoms with Gasteiger partial charge in [0.25, 0.3) is 10.0 Å². The summed E-state index contributed by atoms with van der Waals surface area (Å²) in [6.45, 7) is 4.39. The Morgan fingerprint density at radius 3 is 2.67 bits per heavy atom. The van der Waals surface area contributed by atoms with Crippen molar-refractivity contribution in [3.8, 4) is 0 Å². The van der Waals surface area contributed by atoms with Crippen molar-refractivity contribution in [1.82, 2.24) is 4.72 Å². The van der Waals surface area contributed by atoms with E-state index in [4.69, 9.17) is 10.5 Å². The summed E-state index contributed by atoms with van der Waals surface area (Å²) in [7, 11) is -1.95. The third-order valence-electron chi connectivity index (χ3n) is 2.21. The molecule has 0 unspecified atom stereocenters. The molecule has 0 fully saturated rings. The van der Waals surface area contributed by atoms with Gasteiger partial charge in [0, 0.05) is 12.0 Å². The fraction of sp³-hybridized carbons (Fsp3) is 0.636. The van der Waals surface area contributed by atoms with Gasteiger partial charge < -0.3 is 10.5 Å². The van der Waals surface area contributed by atoms with Gasteiger partial charge in [-0.05, 0) is 38.9 Å². The van der Waals surface area contributed by atoms with Gasteiger partial charge in [-0.1, -0.05) is 0 Å². The molecular weight excluding hydrogens is 272 g/mol. The molecule has 0 atom stereocenters. The maximum atomic E-state index is 12.2. The van der Waals surface area contributed by atoms with Gasteiger partial charge in [0.2, 0.25) is 0 Å². The zero-order valence-corrected chi connectivity index (χ0v) is 12.5.